The summed E-state index contributed by atoms with van der Waals surface area (Å²) in [7, 11) is 0. The van der Waals surface area contributed by atoms with Crippen molar-refractivity contribution in [3.8, 4) is 0 Å². The molecule has 98 valence electrons. The molecule has 0 fully saturated rings. The number of hydrogen-bond donors (Lipinski definition) is 2. The Kier molecular flexibility index (Phi) is 3.93. The Morgan fingerprint density at radius 1 is 1.16 bits per heavy atom. The summed E-state index contributed by atoms with van der Waals surface area (Å²) in [6.45, 7) is 0. The van der Waals surface area contributed by atoms with Gasteiger partial charge in [0.1, 0.15) is 5.82 Å². The number of anilines is 2. The fraction of sp³-hybridized carbons (Fsp3) is 0. The Balaban J connectivity index is 2.26. The Hall–Kier alpha value is -1.78. The maximum Gasteiger partial charge on any atom is 0.255 e. The van der Waals surface area contributed by atoms with Gasteiger partial charge in [-0.3, -0.25) is 4.79 Å². The van der Waals surface area contributed by atoms with Crippen molar-refractivity contribution in [2.24, 2.45) is 0 Å². The van der Waals surface area contributed by atoms with Crippen molar-refractivity contribution in [1.82, 2.24) is 0 Å². The van der Waals surface area contributed by atoms with Crippen LogP contribution < -0.4 is 11.1 Å². The predicted molar refractivity (Wildman–Crippen MR) is 75.2 cm³/mol. The molecule has 0 unspecified atom stereocenters. The second-order valence-corrected chi connectivity index (χ2v) is 4.66. The van der Waals surface area contributed by atoms with Gasteiger partial charge in [0.15, 0.2) is 0 Å². The second-order valence-electron chi connectivity index (χ2n) is 3.81. The minimum Gasteiger partial charge on any atom is -0.397 e. The van der Waals surface area contributed by atoms with Gasteiger partial charge in [-0.15, -0.1) is 0 Å². The molecule has 0 atom stereocenters. The molecule has 0 aliphatic rings. The highest BCUT2D eigenvalue weighted by atomic mass is 35.5. The maximum absolute atomic E-state index is 12.8. The van der Waals surface area contributed by atoms with Crippen molar-refractivity contribution in [3.05, 3.63) is 57.8 Å². The molecular formula is C13H9Cl2FN2O. The fourth-order valence-electron chi connectivity index (χ4n) is 1.51. The SMILES string of the molecule is Nc1cc(Cl)cc(Cl)c1NC(=O)c1ccc(F)cc1. The van der Waals surface area contributed by atoms with E-state index in [4.69, 9.17) is 28.9 Å². The van der Waals surface area contributed by atoms with Crippen LogP contribution >= 0.6 is 23.2 Å². The number of benzene rings is 2. The zero-order chi connectivity index (χ0) is 14.0. The number of nitrogens with one attached hydrogen (secondary N) is 1. The molecule has 2 aromatic carbocycles. The number of carbonyl (C=O) groups is 1. The number of hydrogen-bond acceptors (Lipinski definition) is 2. The number of amides is 1. The zero-order valence-corrected chi connectivity index (χ0v) is 11.1. The summed E-state index contributed by atoms with van der Waals surface area (Å²) in [5.74, 6) is -0.850. The van der Waals surface area contributed by atoms with Gasteiger partial charge in [-0.25, -0.2) is 4.39 Å². The van der Waals surface area contributed by atoms with Crippen LogP contribution in [0.2, 0.25) is 10.0 Å². The number of nitrogen functional groups attached to an aromatic ring is 1. The topological polar surface area (TPSA) is 55.1 Å². The van der Waals surface area contributed by atoms with E-state index in [0.717, 1.165) is 0 Å². The molecule has 0 radical (unpaired) electrons. The van der Waals surface area contributed by atoms with E-state index in [1.54, 1.807) is 0 Å². The van der Waals surface area contributed by atoms with E-state index in [2.05, 4.69) is 5.32 Å². The Bertz CT molecular complexity index is 606. The van der Waals surface area contributed by atoms with Gasteiger partial charge in [-0.1, -0.05) is 23.2 Å². The normalized spacial score (nSPS) is 10.3. The number of halogens is 3. The number of carbonyl (C=O) groups excluding carboxylic acids is 1. The molecule has 0 bridgehead atoms. The standard InChI is InChI=1S/C13H9Cl2FN2O/c14-8-5-10(15)12(11(17)6-8)18-13(19)7-1-3-9(16)4-2-7/h1-6H,17H2,(H,18,19). The summed E-state index contributed by atoms with van der Waals surface area (Å²) in [6, 6.07) is 8.08. The molecule has 0 heterocycles. The van der Waals surface area contributed by atoms with Gasteiger partial charge in [-0.2, -0.15) is 0 Å². The Morgan fingerprint density at radius 2 is 1.79 bits per heavy atom. The van der Waals surface area contributed by atoms with E-state index in [0.29, 0.717) is 10.6 Å². The van der Waals surface area contributed by atoms with Crippen molar-refractivity contribution >= 4 is 40.5 Å². The van der Waals surface area contributed by atoms with Crippen LogP contribution in [0, 0.1) is 5.82 Å². The van der Waals surface area contributed by atoms with Crippen LogP contribution in [0.1, 0.15) is 10.4 Å². The first kappa shape index (κ1) is 13.6. The molecule has 0 spiro atoms. The van der Waals surface area contributed by atoms with Crippen LogP contribution in [0.25, 0.3) is 0 Å². The molecule has 19 heavy (non-hydrogen) atoms. The van der Waals surface area contributed by atoms with Crippen molar-refractivity contribution < 1.29 is 9.18 Å². The number of rotatable bonds is 2. The largest absolute Gasteiger partial charge is 0.397 e. The first-order valence-electron chi connectivity index (χ1n) is 5.29. The molecule has 3 nitrogen and oxygen atoms in total. The zero-order valence-electron chi connectivity index (χ0n) is 9.58. The second kappa shape index (κ2) is 5.47. The van der Waals surface area contributed by atoms with Gasteiger partial charge in [0.25, 0.3) is 5.91 Å². The van der Waals surface area contributed by atoms with Crippen molar-refractivity contribution in [2.45, 2.75) is 0 Å². The fourth-order valence-corrected chi connectivity index (χ4v) is 2.07. The van der Waals surface area contributed by atoms with Crippen LogP contribution in [-0.4, -0.2) is 5.91 Å². The third-order valence-electron chi connectivity index (χ3n) is 2.43. The highest BCUT2D eigenvalue weighted by molar-refractivity contribution is 6.37. The highest BCUT2D eigenvalue weighted by Crippen LogP contribution is 2.32. The van der Waals surface area contributed by atoms with Crippen molar-refractivity contribution in [3.63, 3.8) is 0 Å². The van der Waals surface area contributed by atoms with Gasteiger partial charge in [0.05, 0.1) is 16.4 Å². The molecule has 0 aliphatic heterocycles. The maximum atomic E-state index is 12.8. The van der Waals surface area contributed by atoms with Crippen LogP contribution in [0.15, 0.2) is 36.4 Å². The smallest absolute Gasteiger partial charge is 0.255 e. The predicted octanol–water partition coefficient (Wildman–Crippen LogP) is 3.97. The van der Waals surface area contributed by atoms with Gasteiger partial charge >= 0.3 is 0 Å². The van der Waals surface area contributed by atoms with Crippen LogP contribution in [0.4, 0.5) is 15.8 Å². The molecule has 0 saturated carbocycles. The third kappa shape index (κ3) is 3.16. The van der Waals surface area contributed by atoms with Crippen molar-refractivity contribution in [2.75, 3.05) is 11.1 Å². The van der Waals surface area contributed by atoms with E-state index in [-0.39, 0.29) is 16.4 Å². The van der Waals surface area contributed by atoms with Gasteiger partial charge in [0.2, 0.25) is 0 Å². The summed E-state index contributed by atoms with van der Waals surface area (Å²) in [6.07, 6.45) is 0. The Morgan fingerprint density at radius 3 is 2.37 bits per heavy atom. The lowest BCUT2D eigenvalue weighted by Crippen LogP contribution is -2.13. The van der Waals surface area contributed by atoms with Crippen LogP contribution in [0.5, 0.6) is 0 Å². The van der Waals surface area contributed by atoms with Gasteiger partial charge in [0, 0.05) is 10.6 Å². The molecule has 0 aliphatic carbocycles. The van der Waals surface area contributed by atoms with E-state index < -0.39 is 11.7 Å². The third-order valence-corrected chi connectivity index (χ3v) is 2.95. The Labute approximate surface area is 119 Å². The lowest BCUT2D eigenvalue weighted by Gasteiger charge is -2.10. The van der Waals surface area contributed by atoms with E-state index in [1.165, 1.54) is 36.4 Å². The van der Waals surface area contributed by atoms with Crippen molar-refractivity contribution in [1.29, 1.82) is 0 Å². The summed E-state index contributed by atoms with van der Waals surface area (Å²) in [5, 5.41) is 3.18. The monoisotopic (exact) mass is 298 g/mol. The first-order valence-corrected chi connectivity index (χ1v) is 6.04. The summed E-state index contributed by atoms with van der Waals surface area (Å²) in [5.41, 5.74) is 6.56. The molecule has 3 N–H and O–H groups in total. The molecule has 2 rings (SSSR count). The summed E-state index contributed by atoms with van der Waals surface area (Å²) < 4.78 is 12.8. The lowest BCUT2D eigenvalue weighted by atomic mass is 10.2. The molecule has 0 saturated heterocycles. The minimum atomic E-state index is -0.434. The molecule has 2 aromatic rings. The number of nitrogens with two attached hydrogens (primary N) is 1. The van der Waals surface area contributed by atoms with E-state index >= 15 is 0 Å². The molecular weight excluding hydrogens is 290 g/mol. The lowest BCUT2D eigenvalue weighted by molar-refractivity contribution is 0.102. The first-order chi connectivity index (χ1) is 8.97. The van der Waals surface area contributed by atoms with Crippen LogP contribution in [-0.2, 0) is 0 Å². The van der Waals surface area contributed by atoms with Crippen LogP contribution in [0.3, 0.4) is 0 Å². The summed E-state index contributed by atoms with van der Waals surface area (Å²) in [4.78, 5) is 11.9. The van der Waals surface area contributed by atoms with E-state index in [1.807, 2.05) is 0 Å². The highest BCUT2D eigenvalue weighted by Gasteiger charge is 2.12. The molecule has 0 aromatic heterocycles. The minimum absolute atomic E-state index is 0.237. The molecule has 1 amide bonds. The van der Waals surface area contributed by atoms with E-state index in [9.17, 15) is 9.18 Å². The van der Waals surface area contributed by atoms with Gasteiger partial charge < -0.3 is 11.1 Å². The average Bonchev–Trinajstić information content (AvgIpc) is 2.34. The quantitative estimate of drug-likeness (QED) is 0.824. The molecule has 6 heteroatoms. The summed E-state index contributed by atoms with van der Waals surface area (Å²) >= 11 is 11.7. The van der Waals surface area contributed by atoms with Gasteiger partial charge in [-0.05, 0) is 36.4 Å². The average molecular weight is 299 g/mol.